The smallest absolute Gasteiger partial charge is 0.460 e. The highest BCUT2D eigenvalue weighted by atomic mass is 19.4. The molecule has 0 heterocycles. The van der Waals surface area contributed by atoms with Crippen molar-refractivity contribution in [3.05, 3.63) is 35.3 Å². The van der Waals surface area contributed by atoms with Gasteiger partial charge in [-0.3, -0.25) is 0 Å². The lowest BCUT2D eigenvalue weighted by atomic mass is 9.89. The molecule has 0 saturated carbocycles. The summed E-state index contributed by atoms with van der Waals surface area (Å²) in [6, 6.07) is -3.96. The van der Waals surface area contributed by atoms with Crippen LogP contribution in [0.3, 0.4) is 0 Å². The van der Waals surface area contributed by atoms with Crippen LogP contribution in [0.25, 0.3) is 0 Å². The van der Waals surface area contributed by atoms with E-state index in [9.17, 15) is 89.3 Å². The van der Waals surface area contributed by atoms with Gasteiger partial charge in [0.15, 0.2) is 5.76 Å². The van der Waals surface area contributed by atoms with Crippen LogP contribution in [0.4, 0.5) is 74.6 Å². The van der Waals surface area contributed by atoms with Crippen molar-refractivity contribution in [2.75, 3.05) is 7.11 Å². The minimum atomic E-state index is -8.79. The fraction of sp³-hybridized carbons (Fsp3) is 0.556. The summed E-state index contributed by atoms with van der Waals surface area (Å²) in [5, 5.41) is 18.1. The Morgan fingerprint density at radius 2 is 1.17 bits per heavy atom. The van der Waals surface area contributed by atoms with Crippen molar-refractivity contribution in [2.24, 2.45) is 0 Å². The minimum absolute atomic E-state index is 0.130. The molecule has 1 atom stereocenters. The van der Waals surface area contributed by atoms with Gasteiger partial charge in [0.2, 0.25) is 11.4 Å². The average molecular weight is 644 g/mol. The average Bonchev–Trinajstić information content (AvgIpc) is 2.81. The number of allylic oxidation sites excluding steroid dienone is 1. The third kappa shape index (κ3) is 5.04. The highest BCUT2D eigenvalue weighted by Gasteiger charge is 2.94. The van der Waals surface area contributed by atoms with E-state index in [2.05, 4.69) is 9.47 Å². The number of halogens is 17. The van der Waals surface area contributed by atoms with Gasteiger partial charge in [-0.25, -0.2) is 9.59 Å². The number of rotatable bonds is 11. The first-order valence-electron chi connectivity index (χ1n) is 9.47. The van der Waals surface area contributed by atoms with Crippen molar-refractivity contribution >= 4 is 11.9 Å². The second-order valence-electron chi connectivity index (χ2n) is 7.65. The monoisotopic (exact) mass is 644 g/mol. The maximum absolute atomic E-state index is 14.1. The molecule has 1 aliphatic carbocycles. The van der Waals surface area contributed by atoms with E-state index in [1.54, 1.807) is 0 Å². The number of carboxylic acid groups (broad SMARTS) is 2. The van der Waals surface area contributed by atoms with Crippen molar-refractivity contribution in [3.63, 3.8) is 0 Å². The van der Waals surface area contributed by atoms with Gasteiger partial charge in [-0.15, -0.1) is 0 Å². The highest BCUT2D eigenvalue weighted by molar-refractivity contribution is 5.92. The predicted molar refractivity (Wildman–Crippen MR) is 91.9 cm³/mol. The first-order valence-corrected chi connectivity index (χ1v) is 9.47. The Morgan fingerprint density at radius 1 is 0.756 bits per heavy atom. The summed E-state index contributed by atoms with van der Waals surface area (Å²) in [4.78, 5) is 22.5. The Kier molecular flexibility index (Phi) is 8.91. The molecule has 41 heavy (non-hydrogen) atoms. The van der Waals surface area contributed by atoms with Crippen LogP contribution in [0, 0.1) is 0 Å². The molecule has 1 unspecified atom stereocenters. The number of carbonyl (C=O) groups is 2. The van der Waals surface area contributed by atoms with Crippen LogP contribution in [0.5, 0.6) is 0 Å². The zero-order valence-corrected chi connectivity index (χ0v) is 18.8. The summed E-state index contributed by atoms with van der Waals surface area (Å²) in [5.74, 6) is -61.8. The van der Waals surface area contributed by atoms with E-state index in [0.717, 1.165) is 0 Å². The van der Waals surface area contributed by atoms with E-state index in [4.69, 9.17) is 5.11 Å². The number of alkyl halides is 15. The van der Waals surface area contributed by atoms with Gasteiger partial charge in [-0.05, 0) is 6.08 Å². The van der Waals surface area contributed by atoms with E-state index in [1.165, 1.54) is 0 Å². The summed E-state index contributed by atoms with van der Waals surface area (Å²) in [5.41, 5.74) is -4.31. The van der Waals surface area contributed by atoms with Crippen molar-refractivity contribution < 1.29 is 104 Å². The highest BCUT2D eigenvalue weighted by Crippen LogP contribution is 2.63. The fourth-order valence-electron chi connectivity index (χ4n) is 2.77. The van der Waals surface area contributed by atoms with Crippen LogP contribution in [0.1, 0.15) is 6.42 Å². The summed E-state index contributed by atoms with van der Waals surface area (Å²) in [6.45, 7) is 0. The SMILES string of the molecule is COC1(C(=O)O)CC=C(C(=O)O)C=C1OC(F)=C(F)C(F)(F)C(F)(F)C(F)(F)C(F)(F)C(F)(F)C(F)(F)C(F)(F)F. The van der Waals surface area contributed by atoms with E-state index in [0.29, 0.717) is 13.2 Å². The maximum atomic E-state index is 14.1. The summed E-state index contributed by atoms with van der Waals surface area (Å²) in [7, 11) is 0.422. The molecule has 0 amide bonds. The van der Waals surface area contributed by atoms with Gasteiger partial charge in [0.05, 0.1) is 5.57 Å². The van der Waals surface area contributed by atoms with Gasteiger partial charge in [-0.2, -0.15) is 74.6 Å². The molecule has 0 aliphatic heterocycles. The molecule has 1 rings (SSSR count). The molecule has 0 spiro atoms. The number of hydrogen-bond donors (Lipinski definition) is 2. The van der Waals surface area contributed by atoms with Crippen molar-refractivity contribution in [3.8, 4) is 0 Å². The molecule has 0 aromatic carbocycles. The van der Waals surface area contributed by atoms with Gasteiger partial charge in [0, 0.05) is 13.5 Å². The van der Waals surface area contributed by atoms with Crippen LogP contribution in [0.2, 0.25) is 0 Å². The van der Waals surface area contributed by atoms with Crippen LogP contribution in [-0.2, 0) is 19.1 Å². The second kappa shape index (κ2) is 10.2. The van der Waals surface area contributed by atoms with Crippen molar-refractivity contribution in [1.29, 1.82) is 0 Å². The molecular weight excluding hydrogens is 635 g/mol. The summed E-state index contributed by atoms with van der Waals surface area (Å²) >= 11 is 0. The standard InChI is InChI=1S/C18H9F17O6/c1-40-11(10(38)39)3-2-5(9(36)37)4-6(11)41-8(20)7(19)12(21,22)13(23,24)14(25,26)15(27,28)16(29,30)17(31,32)18(33,34)35/h2,4H,3H2,1H3,(H,36,37)(H,38,39). The largest absolute Gasteiger partial charge is 0.479 e. The quantitative estimate of drug-likeness (QED) is 0.204. The van der Waals surface area contributed by atoms with Gasteiger partial charge < -0.3 is 19.7 Å². The first kappa shape index (κ1) is 35.8. The van der Waals surface area contributed by atoms with Crippen LogP contribution < -0.4 is 0 Å². The fourth-order valence-corrected chi connectivity index (χ4v) is 2.77. The Hall–Kier alpha value is -3.27. The van der Waals surface area contributed by atoms with Gasteiger partial charge in [-0.1, -0.05) is 6.08 Å². The van der Waals surface area contributed by atoms with Crippen molar-refractivity contribution in [2.45, 2.75) is 53.7 Å². The van der Waals surface area contributed by atoms with Crippen LogP contribution >= 0.6 is 0 Å². The summed E-state index contributed by atoms with van der Waals surface area (Å²) in [6.07, 6.45) is -8.77. The number of hydrogen-bond acceptors (Lipinski definition) is 4. The number of aliphatic carboxylic acids is 2. The zero-order chi connectivity index (χ0) is 33.0. The van der Waals surface area contributed by atoms with E-state index in [1.807, 2.05) is 0 Å². The van der Waals surface area contributed by atoms with Crippen LogP contribution in [-0.4, -0.2) is 76.6 Å². The predicted octanol–water partition coefficient (Wildman–Crippen LogP) is 6.25. The molecule has 6 nitrogen and oxygen atoms in total. The third-order valence-electron chi connectivity index (χ3n) is 5.21. The zero-order valence-electron chi connectivity index (χ0n) is 18.8. The Morgan fingerprint density at radius 3 is 1.54 bits per heavy atom. The molecule has 0 saturated heterocycles. The lowest BCUT2D eigenvalue weighted by Gasteiger charge is -2.41. The molecule has 0 fully saturated rings. The van der Waals surface area contributed by atoms with E-state index in [-0.39, 0.29) is 6.08 Å². The van der Waals surface area contributed by atoms with Gasteiger partial charge in [0.1, 0.15) is 0 Å². The van der Waals surface area contributed by atoms with E-state index >= 15 is 0 Å². The third-order valence-corrected chi connectivity index (χ3v) is 5.21. The minimum Gasteiger partial charge on any atom is -0.479 e. The maximum Gasteiger partial charge on any atom is 0.460 e. The molecule has 0 radical (unpaired) electrons. The molecule has 236 valence electrons. The van der Waals surface area contributed by atoms with Crippen molar-refractivity contribution in [1.82, 2.24) is 0 Å². The van der Waals surface area contributed by atoms with E-state index < -0.39 is 88.8 Å². The topological polar surface area (TPSA) is 93.1 Å². The first-order chi connectivity index (χ1) is 18.0. The Labute approximate surface area is 213 Å². The number of carboxylic acids is 2. The van der Waals surface area contributed by atoms with Gasteiger partial charge in [0.25, 0.3) is 0 Å². The number of ether oxygens (including phenoxy) is 2. The lowest BCUT2D eigenvalue weighted by Crippen LogP contribution is -2.72. The molecule has 1 aliphatic rings. The normalized spacial score (nSPS) is 20.6. The lowest BCUT2D eigenvalue weighted by molar-refractivity contribution is -0.451. The molecule has 0 bridgehead atoms. The summed E-state index contributed by atoms with van der Waals surface area (Å²) < 4.78 is 234. The molecule has 0 aromatic rings. The Balaban J connectivity index is 3.76. The second-order valence-corrected chi connectivity index (χ2v) is 7.65. The molecule has 0 aromatic heterocycles. The number of methoxy groups -OCH3 is 1. The molecular formula is C18H9F17O6. The van der Waals surface area contributed by atoms with Crippen LogP contribution in [0.15, 0.2) is 35.3 Å². The molecule has 23 heteroatoms. The molecule has 2 N–H and O–H groups in total. The Bertz CT molecular complexity index is 1170. The van der Waals surface area contributed by atoms with Gasteiger partial charge >= 0.3 is 59.7 Å².